The summed E-state index contributed by atoms with van der Waals surface area (Å²) >= 11 is 0. The molecule has 0 atom stereocenters. The minimum Gasteiger partial charge on any atom is -0.490 e. The predicted octanol–water partition coefficient (Wildman–Crippen LogP) is 3.03. The number of hydrogen-bond acceptors (Lipinski definition) is 1. The molecule has 0 spiro atoms. The van der Waals surface area contributed by atoms with E-state index in [0.717, 1.165) is 12.2 Å². The summed E-state index contributed by atoms with van der Waals surface area (Å²) in [6.45, 7) is 2.77. The summed E-state index contributed by atoms with van der Waals surface area (Å²) in [4.78, 5) is 0. The molecule has 0 radical (unpaired) electrons. The molecule has 0 aliphatic rings. The van der Waals surface area contributed by atoms with Crippen LogP contribution in [0, 0.1) is 0 Å². The molecular formula is C11H14O. The van der Waals surface area contributed by atoms with Gasteiger partial charge in [-0.3, -0.25) is 0 Å². The molecule has 0 N–H and O–H groups in total. The maximum absolute atomic E-state index is 5.42. The van der Waals surface area contributed by atoms with Gasteiger partial charge in [0.05, 0.1) is 0 Å². The quantitative estimate of drug-likeness (QED) is 0.618. The van der Waals surface area contributed by atoms with Crippen molar-refractivity contribution in [3.63, 3.8) is 0 Å². The van der Waals surface area contributed by atoms with Gasteiger partial charge in [-0.2, -0.15) is 0 Å². The second-order valence-corrected chi connectivity index (χ2v) is 2.50. The van der Waals surface area contributed by atoms with E-state index >= 15 is 0 Å². The SMILES string of the molecule is CC/C=C\COc1ccccc1. The van der Waals surface area contributed by atoms with E-state index in [1.165, 1.54) is 0 Å². The first-order chi connectivity index (χ1) is 5.93. The maximum Gasteiger partial charge on any atom is 0.119 e. The molecule has 0 unspecified atom stereocenters. The van der Waals surface area contributed by atoms with Crippen LogP contribution in [0.3, 0.4) is 0 Å². The molecule has 0 amide bonds. The van der Waals surface area contributed by atoms with Crippen molar-refractivity contribution in [1.82, 2.24) is 0 Å². The lowest BCUT2D eigenvalue weighted by Crippen LogP contribution is -1.92. The standard InChI is InChI=1S/C11H14O/c1-2-3-7-10-12-11-8-5-4-6-9-11/h3-9H,2,10H2,1H3/b7-3-. The summed E-state index contributed by atoms with van der Waals surface area (Å²) in [5.41, 5.74) is 0. The van der Waals surface area contributed by atoms with E-state index in [9.17, 15) is 0 Å². The van der Waals surface area contributed by atoms with Gasteiger partial charge in [-0.1, -0.05) is 37.3 Å². The van der Waals surface area contributed by atoms with E-state index < -0.39 is 0 Å². The first kappa shape index (κ1) is 8.85. The Labute approximate surface area is 73.7 Å². The largest absolute Gasteiger partial charge is 0.490 e. The number of ether oxygens (including phenoxy) is 1. The minimum atomic E-state index is 0.665. The molecule has 1 heteroatoms. The zero-order valence-electron chi connectivity index (χ0n) is 7.36. The molecule has 12 heavy (non-hydrogen) atoms. The molecule has 0 saturated carbocycles. The van der Waals surface area contributed by atoms with E-state index in [-0.39, 0.29) is 0 Å². The molecule has 0 bridgehead atoms. The third kappa shape index (κ3) is 3.24. The average molecular weight is 162 g/mol. The third-order valence-electron chi connectivity index (χ3n) is 1.49. The van der Waals surface area contributed by atoms with Gasteiger partial charge in [-0.05, 0) is 18.6 Å². The van der Waals surface area contributed by atoms with Crippen LogP contribution in [0.2, 0.25) is 0 Å². The van der Waals surface area contributed by atoms with Gasteiger partial charge in [-0.15, -0.1) is 0 Å². The smallest absolute Gasteiger partial charge is 0.119 e. The number of hydrogen-bond donors (Lipinski definition) is 0. The van der Waals surface area contributed by atoms with Crippen molar-refractivity contribution in [2.45, 2.75) is 13.3 Å². The molecule has 0 heterocycles. The zero-order valence-corrected chi connectivity index (χ0v) is 7.36. The lowest BCUT2D eigenvalue weighted by molar-refractivity contribution is 0.362. The van der Waals surface area contributed by atoms with Gasteiger partial charge in [0.1, 0.15) is 12.4 Å². The molecule has 1 nitrogen and oxygen atoms in total. The highest BCUT2D eigenvalue weighted by Crippen LogP contribution is 2.07. The van der Waals surface area contributed by atoms with Gasteiger partial charge >= 0.3 is 0 Å². The fraction of sp³-hybridized carbons (Fsp3) is 0.273. The van der Waals surface area contributed by atoms with Crippen LogP contribution in [0.15, 0.2) is 42.5 Å². The molecular weight excluding hydrogens is 148 g/mol. The predicted molar refractivity (Wildman–Crippen MR) is 51.4 cm³/mol. The van der Waals surface area contributed by atoms with E-state index in [2.05, 4.69) is 13.0 Å². The summed E-state index contributed by atoms with van der Waals surface area (Å²) in [6, 6.07) is 9.84. The van der Waals surface area contributed by atoms with Crippen molar-refractivity contribution in [2.75, 3.05) is 6.61 Å². The second-order valence-electron chi connectivity index (χ2n) is 2.50. The number of benzene rings is 1. The lowest BCUT2D eigenvalue weighted by Gasteiger charge is -2.00. The molecule has 0 aliphatic carbocycles. The van der Waals surface area contributed by atoms with Crippen molar-refractivity contribution in [2.24, 2.45) is 0 Å². The molecule has 1 rings (SSSR count). The van der Waals surface area contributed by atoms with E-state index in [1.807, 2.05) is 36.4 Å². The number of rotatable bonds is 4. The summed E-state index contributed by atoms with van der Waals surface area (Å²) in [6.07, 6.45) is 5.20. The minimum absolute atomic E-state index is 0.665. The Bertz CT molecular complexity index is 226. The highest BCUT2D eigenvalue weighted by Gasteiger charge is 1.85. The van der Waals surface area contributed by atoms with Gasteiger partial charge in [0.15, 0.2) is 0 Å². The lowest BCUT2D eigenvalue weighted by atomic mass is 10.3. The number of allylic oxidation sites excluding steroid dienone is 1. The van der Waals surface area contributed by atoms with Crippen molar-refractivity contribution in [3.05, 3.63) is 42.5 Å². The average Bonchev–Trinajstić information content (AvgIpc) is 2.14. The highest BCUT2D eigenvalue weighted by molar-refractivity contribution is 5.21. The maximum atomic E-state index is 5.42. The molecule has 1 aromatic rings. The number of para-hydroxylation sites is 1. The topological polar surface area (TPSA) is 9.23 Å². The van der Waals surface area contributed by atoms with Crippen molar-refractivity contribution in [1.29, 1.82) is 0 Å². The Morgan fingerprint density at radius 3 is 2.58 bits per heavy atom. The molecule has 0 fully saturated rings. The first-order valence-corrected chi connectivity index (χ1v) is 4.26. The van der Waals surface area contributed by atoms with Crippen molar-refractivity contribution in [3.8, 4) is 5.75 Å². The van der Waals surface area contributed by atoms with Crippen LogP contribution in [0.1, 0.15) is 13.3 Å². The Kier molecular flexibility index (Phi) is 4.00. The zero-order chi connectivity index (χ0) is 8.65. The first-order valence-electron chi connectivity index (χ1n) is 4.26. The van der Waals surface area contributed by atoms with Gasteiger partial charge in [0, 0.05) is 0 Å². The van der Waals surface area contributed by atoms with E-state index in [1.54, 1.807) is 0 Å². The van der Waals surface area contributed by atoms with Crippen LogP contribution in [0.25, 0.3) is 0 Å². The monoisotopic (exact) mass is 162 g/mol. The Balaban J connectivity index is 2.29. The van der Waals surface area contributed by atoms with Crippen LogP contribution < -0.4 is 4.74 Å². The molecule has 0 saturated heterocycles. The Morgan fingerprint density at radius 2 is 1.92 bits per heavy atom. The van der Waals surface area contributed by atoms with Gasteiger partial charge < -0.3 is 4.74 Å². The van der Waals surface area contributed by atoms with Crippen LogP contribution >= 0.6 is 0 Å². The fourth-order valence-corrected chi connectivity index (χ4v) is 0.896. The van der Waals surface area contributed by atoms with Crippen molar-refractivity contribution < 1.29 is 4.74 Å². The normalized spacial score (nSPS) is 10.4. The third-order valence-corrected chi connectivity index (χ3v) is 1.49. The Hall–Kier alpha value is -1.24. The van der Waals surface area contributed by atoms with Gasteiger partial charge in [0.25, 0.3) is 0 Å². The van der Waals surface area contributed by atoms with Crippen LogP contribution in [-0.2, 0) is 0 Å². The molecule has 0 aliphatic heterocycles. The molecule has 64 valence electrons. The molecule has 1 aromatic carbocycles. The van der Waals surface area contributed by atoms with Gasteiger partial charge in [-0.25, -0.2) is 0 Å². The van der Waals surface area contributed by atoms with Crippen LogP contribution in [-0.4, -0.2) is 6.61 Å². The van der Waals surface area contributed by atoms with Gasteiger partial charge in [0.2, 0.25) is 0 Å². The Morgan fingerprint density at radius 1 is 1.17 bits per heavy atom. The highest BCUT2D eigenvalue weighted by atomic mass is 16.5. The van der Waals surface area contributed by atoms with E-state index in [0.29, 0.717) is 6.61 Å². The van der Waals surface area contributed by atoms with E-state index in [4.69, 9.17) is 4.74 Å². The summed E-state index contributed by atoms with van der Waals surface area (Å²) in [7, 11) is 0. The summed E-state index contributed by atoms with van der Waals surface area (Å²) < 4.78 is 5.42. The fourth-order valence-electron chi connectivity index (χ4n) is 0.896. The van der Waals surface area contributed by atoms with Crippen LogP contribution in [0.5, 0.6) is 5.75 Å². The van der Waals surface area contributed by atoms with Crippen LogP contribution in [0.4, 0.5) is 0 Å². The molecule has 0 aromatic heterocycles. The summed E-state index contributed by atoms with van der Waals surface area (Å²) in [5, 5.41) is 0. The second kappa shape index (κ2) is 5.42. The van der Waals surface area contributed by atoms with Crippen molar-refractivity contribution >= 4 is 0 Å². The summed E-state index contributed by atoms with van der Waals surface area (Å²) in [5.74, 6) is 0.929.